The van der Waals surface area contributed by atoms with Gasteiger partial charge in [0.1, 0.15) is 12.0 Å². The van der Waals surface area contributed by atoms with Crippen LogP contribution < -0.4 is 11.1 Å². The molecule has 1 fully saturated rings. The fourth-order valence-corrected chi connectivity index (χ4v) is 3.64. The number of ether oxygens (including phenoxy) is 1. The highest BCUT2D eigenvalue weighted by atomic mass is 16.5. The summed E-state index contributed by atoms with van der Waals surface area (Å²) >= 11 is 0. The SMILES string of the molecule is CCOC1CC(CCNC(=O)c2cc(-c3ccco3)n3cnc(C(N)=O)c3n2)C1. The molecule has 0 bridgehead atoms. The lowest BCUT2D eigenvalue weighted by Crippen LogP contribution is -2.34. The molecule has 3 N–H and O–H groups in total. The maximum absolute atomic E-state index is 12.7. The highest BCUT2D eigenvalue weighted by molar-refractivity contribution is 5.99. The molecule has 1 aliphatic rings. The molecule has 3 heterocycles. The summed E-state index contributed by atoms with van der Waals surface area (Å²) in [6.45, 7) is 3.29. The zero-order valence-corrected chi connectivity index (χ0v) is 16.1. The Morgan fingerprint density at radius 2 is 2.24 bits per heavy atom. The Morgan fingerprint density at radius 3 is 2.93 bits per heavy atom. The fourth-order valence-electron chi connectivity index (χ4n) is 3.64. The number of carbonyl (C=O) groups excluding carboxylic acids is 2. The summed E-state index contributed by atoms with van der Waals surface area (Å²) in [7, 11) is 0. The van der Waals surface area contributed by atoms with Crippen LogP contribution in [0.1, 0.15) is 47.2 Å². The van der Waals surface area contributed by atoms with Crippen molar-refractivity contribution in [1.29, 1.82) is 0 Å². The number of hydrogen-bond acceptors (Lipinski definition) is 6. The van der Waals surface area contributed by atoms with Crippen LogP contribution in [-0.4, -0.2) is 45.4 Å². The van der Waals surface area contributed by atoms with Gasteiger partial charge in [-0.2, -0.15) is 0 Å². The van der Waals surface area contributed by atoms with Gasteiger partial charge in [-0.25, -0.2) is 9.97 Å². The lowest BCUT2D eigenvalue weighted by molar-refractivity contribution is -0.0261. The molecule has 3 aromatic heterocycles. The predicted molar refractivity (Wildman–Crippen MR) is 104 cm³/mol. The smallest absolute Gasteiger partial charge is 0.271 e. The molecule has 3 aromatic rings. The van der Waals surface area contributed by atoms with E-state index < -0.39 is 5.91 Å². The van der Waals surface area contributed by atoms with Crippen molar-refractivity contribution in [2.45, 2.75) is 32.3 Å². The first-order chi connectivity index (χ1) is 14.1. The van der Waals surface area contributed by atoms with Gasteiger partial charge in [0.05, 0.1) is 18.1 Å². The summed E-state index contributed by atoms with van der Waals surface area (Å²) in [6, 6.07) is 5.11. The third-order valence-corrected chi connectivity index (χ3v) is 5.17. The maximum atomic E-state index is 12.7. The molecule has 4 rings (SSSR count). The van der Waals surface area contributed by atoms with E-state index >= 15 is 0 Å². The van der Waals surface area contributed by atoms with Crippen molar-refractivity contribution >= 4 is 17.5 Å². The normalized spacial score (nSPS) is 18.5. The number of hydrogen-bond donors (Lipinski definition) is 2. The molecule has 2 amide bonds. The first-order valence-corrected chi connectivity index (χ1v) is 9.68. The number of amides is 2. The molecule has 29 heavy (non-hydrogen) atoms. The predicted octanol–water partition coefficient (Wildman–Crippen LogP) is 2.02. The van der Waals surface area contributed by atoms with Crippen LogP contribution in [0.2, 0.25) is 0 Å². The summed E-state index contributed by atoms with van der Waals surface area (Å²) in [5, 5.41) is 2.90. The number of primary amides is 1. The Labute approximate surface area is 167 Å². The highest BCUT2D eigenvalue weighted by Gasteiger charge is 2.29. The molecule has 9 heteroatoms. The van der Waals surface area contributed by atoms with Crippen LogP contribution in [0.25, 0.3) is 17.1 Å². The van der Waals surface area contributed by atoms with E-state index in [4.69, 9.17) is 14.9 Å². The molecule has 1 saturated carbocycles. The molecule has 152 valence electrons. The van der Waals surface area contributed by atoms with E-state index in [0.29, 0.717) is 30.0 Å². The lowest BCUT2D eigenvalue weighted by Gasteiger charge is -2.34. The van der Waals surface area contributed by atoms with Gasteiger partial charge in [0.2, 0.25) is 0 Å². The van der Waals surface area contributed by atoms with E-state index in [1.807, 2.05) is 6.92 Å². The van der Waals surface area contributed by atoms with Crippen molar-refractivity contribution in [2.24, 2.45) is 11.7 Å². The summed E-state index contributed by atoms with van der Waals surface area (Å²) in [4.78, 5) is 32.7. The van der Waals surface area contributed by atoms with Crippen LogP contribution >= 0.6 is 0 Å². The second kappa shape index (κ2) is 8.04. The molecule has 9 nitrogen and oxygen atoms in total. The third-order valence-electron chi connectivity index (χ3n) is 5.17. The summed E-state index contributed by atoms with van der Waals surface area (Å²) < 4.78 is 12.6. The molecule has 0 atom stereocenters. The van der Waals surface area contributed by atoms with Crippen molar-refractivity contribution in [2.75, 3.05) is 13.2 Å². The van der Waals surface area contributed by atoms with E-state index in [9.17, 15) is 9.59 Å². The van der Waals surface area contributed by atoms with Crippen molar-refractivity contribution in [3.63, 3.8) is 0 Å². The number of aromatic nitrogens is 3. The minimum absolute atomic E-state index is 0.00360. The van der Waals surface area contributed by atoms with Crippen LogP contribution in [0.3, 0.4) is 0 Å². The van der Waals surface area contributed by atoms with Crippen LogP contribution in [0, 0.1) is 5.92 Å². The molecule has 0 aliphatic heterocycles. The molecular weight excluding hydrogens is 374 g/mol. The van der Waals surface area contributed by atoms with Crippen molar-refractivity contribution < 1.29 is 18.7 Å². The van der Waals surface area contributed by atoms with Gasteiger partial charge >= 0.3 is 0 Å². The number of carbonyl (C=O) groups is 2. The van der Waals surface area contributed by atoms with Gasteiger partial charge < -0.3 is 20.2 Å². The maximum Gasteiger partial charge on any atom is 0.271 e. The lowest BCUT2D eigenvalue weighted by atomic mass is 9.80. The second-order valence-electron chi connectivity index (χ2n) is 7.11. The molecule has 0 aromatic carbocycles. The molecule has 0 saturated heterocycles. The highest BCUT2D eigenvalue weighted by Crippen LogP contribution is 2.32. The Morgan fingerprint density at radius 1 is 1.41 bits per heavy atom. The standard InChI is InChI=1S/C20H23N5O4/c1-2-28-13-8-12(9-13)5-6-22-20(27)14-10-15(16-4-3-7-29-16)25-11-23-17(18(21)26)19(25)24-14/h3-4,7,10-13H,2,5-6,8-9H2,1H3,(H2,21,26)(H,22,27). The van der Waals surface area contributed by atoms with Gasteiger partial charge in [-0.1, -0.05) is 0 Å². The average Bonchev–Trinajstić information content (AvgIpc) is 3.34. The second-order valence-corrected chi connectivity index (χ2v) is 7.11. The summed E-state index contributed by atoms with van der Waals surface area (Å²) in [5.74, 6) is 0.0583. The van der Waals surface area contributed by atoms with E-state index in [2.05, 4.69) is 15.3 Å². The summed E-state index contributed by atoms with van der Waals surface area (Å²) in [6.07, 6.45) is 6.29. The topological polar surface area (TPSA) is 125 Å². The zero-order valence-electron chi connectivity index (χ0n) is 16.1. The zero-order chi connectivity index (χ0) is 20.4. The number of nitrogens with zero attached hydrogens (tertiary/aromatic N) is 3. The largest absolute Gasteiger partial charge is 0.463 e. The fraction of sp³-hybridized carbons (Fsp3) is 0.400. The van der Waals surface area contributed by atoms with Gasteiger partial charge in [-0.3, -0.25) is 14.0 Å². The van der Waals surface area contributed by atoms with Crippen LogP contribution in [0.4, 0.5) is 0 Å². The number of fused-ring (bicyclic) bond motifs is 1. The summed E-state index contributed by atoms with van der Waals surface area (Å²) in [5.41, 5.74) is 6.35. The molecular formula is C20H23N5O4. The minimum Gasteiger partial charge on any atom is -0.463 e. The Hall–Kier alpha value is -3.20. The number of nitrogens with two attached hydrogens (primary N) is 1. The average molecular weight is 397 g/mol. The molecule has 0 radical (unpaired) electrons. The first kappa shape index (κ1) is 19.1. The van der Waals surface area contributed by atoms with E-state index in [1.165, 1.54) is 12.6 Å². The Bertz CT molecular complexity index is 1020. The van der Waals surface area contributed by atoms with Crippen LogP contribution in [-0.2, 0) is 4.74 Å². The number of rotatable bonds is 8. The minimum atomic E-state index is -0.711. The number of imidazole rings is 1. The Kier molecular flexibility index (Phi) is 5.30. The molecule has 0 spiro atoms. The van der Waals surface area contributed by atoms with Crippen LogP contribution in [0.15, 0.2) is 35.2 Å². The van der Waals surface area contributed by atoms with Gasteiger partial charge in [0.25, 0.3) is 11.8 Å². The number of furan rings is 1. The van der Waals surface area contributed by atoms with E-state index in [1.54, 1.807) is 22.6 Å². The van der Waals surface area contributed by atoms with E-state index in [-0.39, 0.29) is 22.9 Å². The Balaban J connectivity index is 1.51. The van der Waals surface area contributed by atoms with Gasteiger partial charge in [-0.05, 0) is 50.3 Å². The van der Waals surface area contributed by atoms with Crippen LogP contribution in [0.5, 0.6) is 0 Å². The van der Waals surface area contributed by atoms with Crippen molar-refractivity contribution in [1.82, 2.24) is 19.7 Å². The first-order valence-electron chi connectivity index (χ1n) is 9.68. The van der Waals surface area contributed by atoms with Gasteiger partial charge in [-0.15, -0.1) is 0 Å². The van der Waals surface area contributed by atoms with Gasteiger partial charge in [0, 0.05) is 13.2 Å². The van der Waals surface area contributed by atoms with E-state index in [0.717, 1.165) is 25.9 Å². The molecule has 1 aliphatic carbocycles. The van der Waals surface area contributed by atoms with Gasteiger partial charge in [0.15, 0.2) is 17.1 Å². The third kappa shape index (κ3) is 3.86. The monoisotopic (exact) mass is 397 g/mol. The quantitative estimate of drug-likeness (QED) is 0.599. The molecule has 0 unspecified atom stereocenters. The van der Waals surface area contributed by atoms with Crippen molar-refractivity contribution in [3.8, 4) is 11.5 Å². The number of nitrogens with one attached hydrogen (secondary N) is 1. The van der Waals surface area contributed by atoms with Crippen molar-refractivity contribution in [3.05, 3.63) is 42.2 Å².